The van der Waals surface area contributed by atoms with Gasteiger partial charge in [-0.3, -0.25) is 0 Å². The average molecular weight is 311 g/mol. The number of nitrogen functional groups attached to an aromatic ring is 1. The van der Waals surface area contributed by atoms with Crippen molar-refractivity contribution in [2.24, 2.45) is 0 Å². The molecule has 0 aliphatic heterocycles. The van der Waals surface area contributed by atoms with E-state index in [-0.39, 0.29) is 16.8 Å². The first kappa shape index (κ1) is 15.0. The molecule has 2 heterocycles. The minimum absolute atomic E-state index is 0.0152. The van der Waals surface area contributed by atoms with Crippen LogP contribution in [0, 0.1) is 0 Å². The minimum Gasteiger partial charge on any atom is -0.383 e. The van der Waals surface area contributed by atoms with Crippen molar-refractivity contribution in [3.8, 4) is 0 Å². The molecule has 1 unspecified atom stereocenters. The summed E-state index contributed by atoms with van der Waals surface area (Å²) in [6, 6.07) is 6.63. The monoisotopic (exact) mass is 311 g/mol. The van der Waals surface area contributed by atoms with Gasteiger partial charge in [-0.2, -0.15) is 0 Å². The Hall–Kier alpha value is -1.44. The van der Waals surface area contributed by atoms with E-state index in [4.69, 9.17) is 5.73 Å². The lowest BCUT2D eigenvalue weighted by molar-refractivity contribution is 0.540. The lowest BCUT2D eigenvalue weighted by Gasteiger charge is -2.17. The number of pyridine rings is 1. The molecule has 0 saturated heterocycles. The Morgan fingerprint density at radius 1 is 1.40 bits per heavy atom. The Bertz CT molecular complexity index is 654. The highest BCUT2D eigenvalue weighted by molar-refractivity contribution is 7.89. The smallest absolute Gasteiger partial charge is 0.244 e. The molecular formula is C13H17N3O2S2. The highest BCUT2D eigenvalue weighted by Crippen LogP contribution is 2.26. The van der Waals surface area contributed by atoms with Gasteiger partial charge in [-0.05, 0) is 30.0 Å². The summed E-state index contributed by atoms with van der Waals surface area (Å²) in [6.07, 6.45) is 3.09. The number of nitrogens with zero attached hydrogens (tertiary/aromatic N) is 1. The fourth-order valence-electron chi connectivity index (χ4n) is 1.92. The Morgan fingerprint density at radius 3 is 2.80 bits per heavy atom. The van der Waals surface area contributed by atoms with E-state index in [1.807, 2.05) is 24.4 Å². The molecule has 0 amide bonds. The summed E-state index contributed by atoms with van der Waals surface area (Å²) in [5, 5.41) is 1.94. The molecule has 1 atom stereocenters. The molecule has 0 spiro atoms. The molecule has 7 heteroatoms. The molecule has 0 aliphatic carbocycles. The van der Waals surface area contributed by atoms with Gasteiger partial charge in [0.1, 0.15) is 10.7 Å². The zero-order valence-corrected chi connectivity index (χ0v) is 12.7. The van der Waals surface area contributed by atoms with Crippen molar-refractivity contribution in [1.29, 1.82) is 0 Å². The summed E-state index contributed by atoms with van der Waals surface area (Å²) in [6.45, 7) is 2.02. The maximum Gasteiger partial charge on any atom is 0.244 e. The fourth-order valence-corrected chi connectivity index (χ4v) is 4.14. The van der Waals surface area contributed by atoms with Crippen molar-refractivity contribution >= 4 is 27.2 Å². The lowest BCUT2D eigenvalue weighted by Crippen LogP contribution is -2.29. The van der Waals surface area contributed by atoms with E-state index in [0.29, 0.717) is 0 Å². The van der Waals surface area contributed by atoms with Crippen molar-refractivity contribution in [3.63, 3.8) is 0 Å². The molecule has 0 aromatic carbocycles. The summed E-state index contributed by atoms with van der Waals surface area (Å²) in [4.78, 5) is 4.85. The van der Waals surface area contributed by atoms with Crippen LogP contribution in [0.2, 0.25) is 0 Å². The second-order valence-electron chi connectivity index (χ2n) is 4.36. The van der Waals surface area contributed by atoms with Gasteiger partial charge in [0.2, 0.25) is 10.0 Å². The van der Waals surface area contributed by atoms with Crippen molar-refractivity contribution in [1.82, 2.24) is 9.71 Å². The number of hydrogen-bond donors (Lipinski definition) is 2. The number of rotatable bonds is 6. The highest BCUT2D eigenvalue weighted by Gasteiger charge is 2.23. The minimum atomic E-state index is -3.67. The molecule has 0 radical (unpaired) electrons. The van der Waals surface area contributed by atoms with E-state index >= 15 is 0 Å². The van der Waals surface area contributed by atoms with Gasteiger partial charge in [-0.15, -0.1) is 11.3 Å². The third-order valence-corrected chi connectivity index (χ3v) is 5.36. The second kappa shape index (κ2) is 6.34. The molecule has 0 saturated carbocycles. The predicted molar refractivity (Wildman–Crippen MR) is 80.9 cm³/mol. The Labute approximate surface area is 122 Å². The quantitative estimate of drug-likeness (QED) is 0.858. The van der Waals surface area contributed by atoms with Crippen LogP contribution in [-0.2, 0) is 10.0 Å². The molecule has 0 bridgehead atoms. The van der Waals surface area contributed by atoms with Crippen molar-refractivity contribution < 1.29 is 8.42 Å². The second-order valence-corrected chi connectivity index (χ2v) is 7.03. The number of nitrogens with one attached hydrogen (secondary N) is 1. The first-order valence-electron chi connectivity index (χ1n) is 6.31. The molecule has 2 rings (SSSR count). The molecule has 108 valence electrons. The van der Waals surface area contributed by atoms with Crippen LogP contribution in [-0.4, -0.2) is 13.4 Å². The fraction of sp³-hybridized carbons (Fsp3) is 0.308. The van der Waals surface area contributed by atoms with Crippen molar-refractivity contribution in [2.45, 2.75) is 30.7 Å². The van der Waals surface area contributed by atoms with Crippen LogP contribution in [0.4, 0.5) is 5.82 Å². The summed E-state index contributed by atoms with van der Waals surface area (Å²) in [7, 11) is -3.67. The number of thiophene rings is 1. The number of aromatic nitrogens is 1. The maximum absolute atomic E-state index is 12.4. The van der Waals surface area contributed by atoms with Crippen LogP contribution in [0.15, 0.2) is 40.7 Å². The SMILES string of the molecule is CCCC(NS(=O)(=O)c1cccnc1N)c1cccs1. The van der Waals surface area contributed by atoms with Crippen LogP contribution < -0.4 is 10.5 Å². The average Bonchev–Trinajstić information content (AvgIpc) is 2.92. The summed E-state index contributed by atoms with van der Waals surface area (Å²) < 4.78 is 27.5. The largest absolute Gasteiger partial charge is 0.383 e. The van der Waals surface area contributed by atoms with Crippen LogP contribution in [0.25, 0.3) is 0 Å². The molecule has 0 fully saturated rings. The first-order valence-corrected chi connectivity index (χ1v) is 8.67. The van der Waals surface area contributed by atoms with E-state index in [1.54, 1.807) is 6.07 Å². The molecule has 5 nitrogen and oxygen atoms in total. The standard InChI is InChI=1S/C13H17N3O2S2/c1-2-5-10(11-6-4-9-19-11)16-20(17,18)12-7-3-8-15-13(12)14/h3-4,6-10,16H,2,5H2,1H3,(H2,14,15). The van der Waals surface area contributed by atoms with E-state index in [0.717, 1.165) is 17.7 Å². The van der Waals surface area contributed by atoms with E-state index in [9.17, 15) is 8.42 Å². The van der Waals surface area contributed by atoms with Gasteiger partial charge in [0.25, 0.3) is 0 Å². The Kier molecular flexibility index (Phi) is 4.74. The molecule has 3 N–H and O–H groups in total. The number of hydrogen-bond acceptors (Lipinski definition) is 5. The van der Waals surface area contributed by atoms with E-state index in [2.05, 4.69) is 9.71 Å². The van der Waals surface area contributed by atoms with Crippen LogP contribution >= 0.6 is 11.3 Å². The predicted octanol–water partition coefficient (Wildman–Crippen LogP) is 2.55. The highest BCUT2D eigenvalue weighted by atomic mass is 32.2. The van der Waals surface area contributed by atoms with Gasteiger partial charge in [-0.1, -0.05) is 19.4 Å². The van der Waals surface area contributed by atoms with Crippen LogP contribution in [0.5, 0.6) is 0 Å². The van der Waals surface area contributed by atoms with Gasteiger partial charge in [0, 0.05) is 11.1 Å². The summed E-state index contributed by atoms with van der Waals surface area (Å²) in [5.41, 5.74) is 5.65. The summed E-state index contributed by atoms with van der Waals surface area (Å²) in [5.74, 6) is 0.0152. The topological polar surface area (TPSA) is 85.1 Å². The molecule has 0 aliphatic rings. The first-order chi connectivity index (χ1) is 9.54. The van der Waals surface area contributed by atoms with Gasteiger partial charge in [-0.25, -0.2) is 18.1 Å². The zero-order chi connectivity index (χ0) is 14.6. The van der Waals surface area contributed by atoms with Gasteiger partial charge >= 0.3 is 0 Å². The van der Waals surface area contributed by atoms with Gasteiger partial charge in [0.15, 0.2) is 0 Å². The van der Waals surface area contributed by atoms with E-state index < -0.39 is 10.0 Å². The van der Waals surface area contributed by atoms with Crippen molar-refractivity contribution in [3.05, 3.63) is 40.7 Å². The maximum atomic E-state index is 12.4. The third-order valence-electron chi connectivity index (χ3n) is 2.85. The normalized spacial score (nSPS) is 13.2. The molecule has 2 aromatic rings. The Balaban J connectivity index is 2.28. The number of anilines is 1. The molecule has 20 heavy (non-hydrogen) atoms. The lowest BCUT2D eigenvalue weighted by atomic mass is 10.1. The van der Waals surface area contributed by atoms with Crippen LogP contribution in [0.1, 0.15) is 30.7 Å². The summed E-state index contributed by atoms with van der Waals surface area (Å²) >= 11 is 1.54. The van der Waals surface area contributed by atoms with E-state index in [1.165, 1.54) is 23.6 Å². The number of nitrogens with two attached hydrogens (primary N) is 1. The van der Waals surface area contributed by atoms with Gasteiger partial charge in [0.05, 0.1) is 6.04 Å². The number of sulfonamides is 1. The zero-order valence-electron chi connectivity index (χ0n) is 11.1. The molecular weight excluding hydrogens is 294 g/mol. The third kappa shape index (κ3) is 3.36. The van der Waals surface area contributed by atoms with Gasteiger partial charge < -0.3 is 5.73 Å². The van der Waals surface area contributed by atoms with Crippen LogP contribution in [0.3, 0.4) is 0 Å². The van der Waals surface area contributed by atoms with Crippen molar-refractivity contribution in [2.75, 3.05) is 5.73 Å². The Morgan fingerprint density at radius 2 is 2.20 bits per heavy atom. The molecule has 2 aromatic heterocycles.